The van der Waals surface area contributed by atoms with E-state index in [0.29, 0.717) is 19.5 Å². The number of hydrogen-bond donors (Lipinski definition) is 2. The molecule has 7 heteroatoms. The van der Waals surface area contributed by atoms with E-state index < -0.39 is 11.5 Å². The minimum atomic E-state index is -1.06. The molecule has 0 saturated carbocycles. The van der Waals surface area contributed by atoms with Crippen LogP contribution in [0.2, 0.25) is 0 Å². The van der Waals surface area contributed by atoms with E-state index in [0.717, 1.165) is 45.7 Å². The van der Waals surface area contributed by atoms with Crippen molar-refractivity contribution in [3.05, 3.63) is 0 Å². The van der Waals surface area contributed by atoms with Gasteiger partial charge >= 0.3 is 12.0 Å². The van der Waals surface area contributed by atoms with Crippen molar-refractivity contribution in [3.63, 3.8) is 0 Å². The van der Waals surface area contributed by atoms with Crippen LogP contribution in [0.1, 0.15) is 26.2 Å². The monoisotopic (exact) mass is 299 g/mol. The highest BCUT2D eigenvalue weighted by Gasteiger charge is 2.45. The number of nitrogens with one attached hydrogen (secondary N) is 1. The maximum Gasteiger partial charge on any atom is 0.329 e. The summed E-state index contributed by atoms with van der Waals surface area (Å²) in [5.41, 5.74) is -1.06. The predicted octanol–water partition coefficient (Wildman–Crippen LogP) is 0.357. The van der Waals surface area contributed by atoms with E-state index in [1.807, 2.05) is 0 Å². The van der Waals surface area contributed by atoms with Crippen LogP contribution in [0.4, 0.5) is 4.79 Å². The molecule has 2 N–H and O–H groups in total. The molecule has 0 aromatic heterocycles. The Morgan fingerprint density at radius 3 is 2.67 bits per heavy atom. The summed E-state index contributed by atoms with van der Waals surface area (Å²) >= 11 is 0. The number of likely N-dealkylation sites (tertiary alicyclic amines) is 1. The number of carbonyl (C=O) groups is 2. The van der Waals surface area contributed by atoms with Gasteiger partial charge in [-0.05, 0) is 32.7 Å². The Morgan fingerprint density at radius 2 is 2.00 bits per heavy atom. The number of hydrogen-bond acceptors (Lipinski definition) is 4. The molecule has 7 nitrogen and oxygen atoms in total. The highest BCUT2D eigenvalue weighted by molar-refractivity contribution is 5.86. The molecule has 2 heterocycles. The summed E-state index contributed by atoms with van der Waals surface area (Å²) in [5, 5.41) is 12.1. The Hall–Kier alpha value is -1.34. The number of amides is 2. The largest absolute Gasteiger partial charge is 0.480 e. The minimum absolute atomic E-state index is 0.264. The molecule has 1 atom stereocenters. The molecular weight excluding hydrogens is 274 g/mol. The first-order valence-corrected chi connectivity index (χ1v) is 7.63. The number of rotatable bonds is 5. The topological polar surface area (TPSA) is 82.1 Å². The number of morpholine rings is 1. The molecule has 2 amide bonds. The molecule has 21 heavy (non-hydrogen) atoms. The van der Waals surface area contributed by atoms with Crippen LogP contribution >= 0.6 is 0 Å². The van der Waals surface area contributed by atoms with Crippen molar-refractivity contribution in [2.75, 3.05) is 45.9 Å². The van der Waals surface area contributed by atoms with E-state index in [1.54, 1.807) is 6.92 Å². The van der Waals surface area contributed by atoms with Gasteiger partial charge in [-0.25, -0.2) is 9.59 Å². The van der Waals surface area contributed by atoms with Crippen LogP contribution in [-0.2, 0) is 9.53 Å². The molecule has 0 radical (unpaired) electrons. The van der Waals surface area contributed by atoms with Crippen LogP contribution in [0.3, 0.4) is 0 Å². The Bertz CT molecular complexity index is 384. The van der Waals surface area contributed by atoms with Gasteiger partial charge in [0.1, 0.15) is 5.54 Å². The molecule has 0 aromatic carbocycles. The minimum Gasteiger partial charge on any atom is -0.480 e. The first-order chi connectivity index (χ1) is 10.0. The molecule has 2 aliphatic rings. The van der Waals surface area contributed by atoms with E-state index in [2.05, 4.69) is 10.2 Å². The predicted molar refractivity (Wildman–Crippen MR) is 77.3 cm³/mol. The lowest BCUT2D eigenvalue weighted by atomic mass is 10.00. The van der Waals surface area contributed by atoms with Crippen LogP contribution < -0.4 is 5.32 Å². The van der Waals surface area contributed by atoms with Crippen molar-refractivity contribution in [3.8, 4) is 0 Å². The standard InChI is InChI=1S/C14H25N3O4/c1-14(12(18)19)4-2-7-17(14)13(20)15-5-3-6-16-8-10-21-11-9-16/h2-11H2,1H3,(H,15,20)(H,18,19). The maximum absolute atomic E-state index is 12.1. The molecular formula is C14H25N3O4. The molecule has 0 aliphatic carbocycles. The van der Waals surface area contributed by atoms with Crippen LogP contribution in [0.25, 0.3) is 0 Å². The molecule has 2 aliphatic heterocycles. The van der Waals surface area contributed by atoms with Gasteiger partial charge in [0, 0.05) is 26.2 Å². The quantitative estimate of drug-likeness (QED) is 0.716. The fourth-order valence-electron chi connectivity index (χ4n) is 2.93. The van der Waals surface area contributed by atoms with Gasteiger partial charge in [0.25, 0.3) is 0 Å². The van der Waals surface area contributed by atoms with E-state index in [9.17, 15) is 14.7 Å². The van der Waals surface area contributed by atoms with Crippen LogP contribution in [0.15, 0.2) is 0 Å². The summed E-state index contributed by atoms with van der Waals surface area (Å²) in [7, 11) is 0. The van der Waals surface area contributed by atoms with E-state index in [4.69, 9.17) is 4.74 Å². The first kappa shape index (κ1) is 16.0. The first-order valence-electron chi connectivity index (χ1n) is 7.63. The summed E-state index contributed by atoms with van der Waals surface area (Å²) in [6.45, 7) is 7.07. The number of carboxylic acid groups (broad SMARTS) is 1. The second kappa shape index (κ2) is 7.09. The number of ether oxygens (including phenoxy) is 1. The zero-order valence-electron chi connectivity index (χ0n) is 12.6. The zero-order valence-corrected chi connectivity index (χ0v) is 12.6. The van der Waals surface area contributed by atoms with E-state index >= 15 is 0 Å². The van der Waals surface area contributed by atoms with Crippen molar-refractivity contribution in [1.29, 1.82) is 0 Å². The van der Waals surface area contributed by atoms with Gasteiger partial charge < -0.3 is 20.1 Å². The smallest absolute Gasteiger partial charge is 0.329 e. The third-order valence-electron chi connectivity index (χ3n) is 4.38. The number of carboxylic acids is 1. The second-order valence-corrected chi connectivity index (χ2v) is 5.87. The SMILES string of the molecule is CC1(C(=O)O)CCCN1C(=O)NCCCN1CCOCC1. The second-order valence-electron chi connectivity index (χ2n) is 5.87. The van der Waals surface area contributed by atoms with Gasteiger partial charge in [-0.1, -0.05) is 0 Å². The fraction of sp³-hybridized carbons (Fsp3) is 0.857. The lowest BCUT2D eigenvalue weighted by Gasteiger charge is -2.31. The van der Waals surface area contributed by atoms with Gasteiger partial charge in [-0.3, -0.25) is 4.90 Å². The third-order valence-corrected chi connectivity index (χ3v) is 4.38. The molecule has 0 aromatic rings. The van der Waals surface area contributed by atoms with Gasteiger partial charge in [0.2, 0.25) is 0 Å². The van der Waals surface area contributed by atoms with Crippen molar-refractivity contribution in [2.24, 2.45) is 0 Å². The average molecular weight is 299 g/mol. The normalized spacial score (nSPS) is 26.8. The summed E-state index contributed by atoms with van der Waals surface area (Å²) in [6.07, 6.45) is 2.12. The van der Waals surface area contributed by atoms with Crippen LogP contribution in [0, 0.1) is 0 Å². The molecule has 2 rings (SSSR count). The number of aliphatic carboxylic acids is 1. The van der Waals surface area contributed by atoms with Crippen LogP contribution in [-0.4, -0.2) is 78.4 Å². The lowest BCUT2D eigenvalue weighted by molar-refractivity contribution is -0.147. The Morgan fingerprint density at radius 1 is 1.29 bits per heavy atom. The van der Waals surface area contributed by atoms with Gasteiger partial charge in [-0.2, -0.15) is 0 Å². The number of urea groups is 1. The lowest BCUT2D eigenvalue weighted by Crippen LogP contribution is -2.54. The molecule has 120 valence electrons. The number of nitrogens with zero attached hydrogens (tertiary/aromatic N) is 2. The third kappa shape index (κ3) is 3.85. The molecule has 2 fully saturated rings. The Kier molecular flexibility index (Phi) is 5.41. The summed E-state index contributed by atoms with van der Waals surface area (Å²) in [5.74, 6) is -0.927. The Balaban J connectivity index is 1.70. The fourth-order valence-corrected chi connectivity index (χ4v) is 2.93. The van der Waals surface area contributed by atoms with Crippen molar-refractivity contribution >= 4 is 12.0 Å². The van der Waals surface area contributed by atoms with E-state index in [-0.39, 0.29) is 6.03 Å². The molecule has 0 bridgehead atoms. The molecule has 2 saturated heterocycles. The maximum atomic E-state index is 12.1. The van der Waals surface area contributed by atoms with Gasteiger partial charge in [0.15, 0.2) is 0 Å². The van der Waals surface area contributed by atoms with Gasteiger partial charge in [-0.15, -0.1) is 0 Å². The zero-order chi connectivity index (χ0) is 15.3. The van der Waals surface area contributed by atoms with E-state index in [1.165, 1.54) is 4.90 Å². The molecule has 0 spiro atoms. The van der Waals surface area contributed by atoms with Crippen LogP contribution in [0.5, 0.6) is 0 Å². The highest BCUT2D eigenvalue weighted by Crippen LogP contribution is 2.29. The van der Waals surface area contributed by atoms with Crippen molar-refractivity contribution in [2.45, 2.75) is 31.7 Å². The van der Waals surface area contributed by atoms with Crippen molar-refractivity contribution in [1.82, 2.24) is 15.1 Å². The molecule has 1 unspecified atom stereocenters. The summed E-state index contributed by atoms with van der Waals surface area (Å²) in [4.78, 5) is 27.2. The highest BCUT2D eigenvalue weighted by atomic mass is 16.5. The summed E-state index contributed by atoms with van der Waals surface area (Å²) in [6, 6.07) is -0.264. The summed E-state index contributed by atoms with van der Waals surface area (Å²) < 4.78 is 5.28. The van der Waals surface area contributed by atoms with Crippen molar-refractivity contribution < 1.29 is 19.4 Å². The van der Waals surface area contributed by atoms with Gasteiger partial charge in [0.05, 0.1) is 13.2 Å². The average Bonchev–Trinajstić information content (AvgIpc) is 2.88. The Labute approximate surface area is 125 Å². The number of carbonyl (C=O) groups excluding carboxylic acids is 1.